The number of phenols is 3. The molecule has 0 bridgehead atoms. The van der Waals surface area contributed by atoms with Gasteiger partial charge in [0.2, 0.25) is 5.78 Å². The third-order valence-electron chi connectivity index (χ3n) is 7.96. The number of carbonyl (C=O) groups is 2. The van der Waals surface area contributed by atoms with Crippen molar-refractivity contribution in [3.05, 3.63) is 94.3 Å². The van der Waals surface area contributed by atoms with Crippen molar-refractivity contribution in [1.82, 2.24) is 0 Å². The van der Waals surface area contributed by atoms with Crippen LogP contribution in [0.3, 0.4) is 0 Å². The molecule has 1 aliphatic carbocycles. The van der Waals surface area contributed by atoms with Gasteiger partial charge in [-0.25, -0.2) is 0 Å². The molecule has 0 radical (unpaired) electrons. The zero-order valence-corrected chi connectivity index (χ0v) is 22.4. The van der Waals surface area contributed by atoms with Crippen molar-refractivity contribution in [3.8, 4) is 34.5 Å². The highest BCUT2D eigenvalue weighted by molar-refractivity contribution is 6.19. The van der Waals surface area contributed by atoms with Crippen LogP contribution < -0.4 is 14.2 Å². The summed E-state index contributed by atoms with van der Waals surface area (Å²) in [6.07, 6.45) is 3.05. The Morgan fingerprint density at radius 3 is 2.24 bits per heavy atom. The number of rotatable bonds is 5. The molecule has 9 nitrogen and oxygen atoms in total. The largest absolute Gasteiger partial charge is 0.508 e. The van der Waals surface area contributed by atoms with E-state index >= 15 is 0 Å². The SMILES string of the molecule is COC1=CC(=O)C(C2COc3cc(O)ccc3C2c2cc(C3COc4cc(O)ccc4C3)c(O)cc2OC)=CC1=O. The van der Waals surface area contributed by atoms with Gasteiger partial charge in [-0.2, -0.15) is 0 Å². The smallest absolute Gasteiger partial charge is 0.220 e. The number of ether oxygens (including phenoxy) is 4. The normalized spacial score (nSPS) is 21.5. The van der Waals surface area contributed by atoms with Crippen molar-refractivity contribution in [3.63, 3.8) is 0 Å². The van der Waals surface area contributed by atoms with Crippen molar-refractivity contribution in [2.75, 3.05) is 27.4 Å². The van der Waals surface area contributed by atoms with Crippen molar-refractivity contribution in [2.24, 2.45) is 5.92 Å². The van der Waals surface area contributed by atoms with Crippen LogP contribution in [0, 0.1) is 5.92 Å². The summed E-state index contributed by atoms with van der Waals surface area (Å²) in [5.74, 6) is -0.516. The van der Waals surface area contributed by atoms with E-state index in [0.29, 0.717) is 40.4 Å². The van der Waals surface area contributed by atoms with Crippen LogP contribution >= 0.6 is 0 Å². The minimum Gasteiger partial charge on any atom is -0.508 e. The Hall–Kier alpha value is -4.92. The number of fused-ring (bicyclic) bond motifs is 2. The van der Waals surface area contributed by atoms with Crippen molar-refractivity contribution in [1.29, 1.82) is 0 Å². The molecule has 3 N–H and O–H groups in total. The van der Waals surface area contributed by atoms with E-state index in [9.17, 15) is 24.9 Å². The van der Waals surface area contributed by atoms with Gasteiger partial charge in [-0.1, -0.05) is 12.1 Å². The quantitative estimate of drug-likeness (QED) is 0.394. The number of methoxy groups -OCH3 is 2. The highest BCUT2D eigenvalue weighted by atomic mass is 16.5. The van der Waals surface area contributed by atoms with E-state index in [1.54, 1.807) is 30.3 Å². The third-order valence-corrected chi connectivity index (χ3v) is 7.96. The molecule has 3 aliphatic rings. The number of aromatic hydroxyl groups is 3. The zero-order valence-electron chi connectivity index (χ0n) is 22.4. The predicted molar refractivity (Wildman–Crippen MR) is 147 cm³/mol. The second kappa shape index (κ2) is 10.2. The molecule has 2 heterocycles. The fraction of sp³-hybridized carbons (Fsp3) is 0.250. The first-order chi connectivity index (χ1) is 19.8. The lowest BCUT2D eigenvalue weighted by atomic mass is 9.72. The summed E-state index contributed by atoms with van der Waals surface area (Å²) in [4.78, 5) is 26.0. The van der Waals surface area contributed by atoms with Gasteiger partial charge in [-0.15, -0.1) is 0 Å². The number of carbonyl (C=O) groups excluding carboxylic acids is 2. The maximum absolute atomic E-state index is 13.2. The number of phenolic OH excluding ortho intramolecular Hbond substituents is 3. The van der Waals surface area contributed by atoms with Crippen LogP contribution in [0.15, 0.2) is 72.0 Å². The van der Waals surface area contributed by atoms with Crippen LogP contribution in [0.5, 0.6) is 34.5 Å². The summed E-state index contributed by atoms with van der Waals surface area (Å²) in [6.45, 7) is 0.338. The molecule has 0 amide bonds. The monoisotopic (exact) mass is 556 g/mol. The summed E-state index contributed by atoms with van der Waals surface area (Å²) in [5.41, 5.74) is 3.17. The van der Waals surface area contributed by atoms with Gasteiger partial charge in [0.05, 0.1) is 27.4 Å². The minimum absolute atomic E-state index is 0.0270. The lowest BCUT2D eigenvalue weighted by molar-refractivity contribution is -0.117. The van der Waals surface area contributed by atoms with Crippen LogP contribution in [0.1, 0.15) is 34.1 Å². The average molecular weight is 557 g/mol. The second-order valence-corrected chi connectivity index (χ2v) is 10.3. The second-order valence-electron chi connectivity index (χ2n) is 10.3. The van der Waals surface area contributed by atoms with E-state index in [1.165, 1.54) is 38.5 Å². The van der Waals surface area contributed by atoms with Gasteiger partial charge in [0, 0.05) is 64.3 Å². The fourth-order valence-electron chi connectivity index (χ4n) is 5.97. The summed E-state index contributed by atoms with van der Waals surface area (Å²) in [7, 11) is 2.84. The Balaban J connectivity index is 1.48. The molecule has 0 saturated carbocycles. The van der Waals surface area contributed by atoms with Gasteiger partial charge in [0.15, 0.2) is 11.5 Å². The van der Waals surface area contributed by atoms with Crippen molar-refractivity contribution < 1.29 is 43.9 Å². The van der Waals surface area contributed by atoms with Gasteiger partial charge in [-0.3, -0.25) is 9.59 Å². The molecular weight excluding hydrogens is 528 g/mol. The molecule has 6 rings (SSSR count). The molecule has 0 saturated heterocycles. The van der Waals surface area contributed by atoms with E-state index in [1.807, 2.05) is 6.07 Å². The first-order valence-corrected chi connectivity index (χ1v) is 13.1. The number of benzene rings is 3. The van der Waals surface area contributed by atoms with Gasteiger partial charge >= 0.3 is 0 Å². The van der Waals surface area contributed by atoms with E-state index in [-0.39, 0.29) is 53.5 Å². The predicted octanol–water partition coefficient (Wildman–Crippen LogP) is 4.28. The van der Waals surface area contributed by atoms with Crippen molar-refractivity contribution in [2.45, 2.75) is 18.3 Å². The van der Waals surface area contributed by atoms with Crippen LogP contribution in [0.2, 0.25) is 0 Å². The van der Waals surface area contributed by atoms with E-state index in [2.05, 4.69) is 0 Å². The lowest BCUT2D eigenvalue weighted by Gasteiger charge is -2.36. The zero-order chi connectivity index (χ0) is 28.8. The van der Waals surface area contributed by atoms with E-state index < -0.39 is 17.6 Å². The molecule has 9 heteroatoms. The van der Waals surface area contributed by atoms with Gasteiger partial charge in [0.25, 0.3) is 0 Å². The Morgan fingerprint density at radius 2 is 1.49 bits per heavy atom. The van der Waals surface area contributed by atoms with Gasteiger partial charge < -0.3 is 34.3 Å². The van der Waals surface area contributed by atoms with Crippen LogP contribution in [-0.2, 0) is 20.7 Å². The Labute approximate surface area is 235 Å². The van der Waals surface area contributed by atoms with E-state index in [4.69, 9.17) is 18.9 Å². The van der Waals surface area contributed by atoms with Gasteiger partial charge in [0.1, 0.15) is 34.5 Å². The molecule has 0 aromatic heterocycles. The van der Waals surface area contributed by atoms with Gasteiger partial charge in [-0.05, 0) is 36.3 Å². The highest BCUT2D eigenvalue weighted by Gasteiger charge is 2.40. The fourth-order valence-corrected chi connectivity index (χ4v) is 5.97. The summed E-state index contributed by atoms with van der Waals surface area (Å²) < 4.78 is 22.7. The van der Waals surface area contributed by atoms with Crippen LogP contribution in [-0.4, -0.2) is 54.3 Å². The van der Waals surface area contributed by atoms with E-state index in [0.717, 1.165) is 5.56 Å². The molecular formula is C32H28O9. The topological polar surface area (TPSA) is 132 Å². The molecule has 210 valence electrons. The van der Waals surface area contributed by atoms with Crippen LogP contribution in [0.25, 0.3) is 0 Å². The number of allylic oxidation sites excluding steroid dienone is 2. The van der Waals surface area contributed by atoms with Crippen LogP contribution in [0.4, 0.5) is 0 Å². The first kappa shape index (κ1) is 26.3. The molecule has 41 heavy (non-hydrogen) atoms. The summed E-state index contributed by atoms with van der Waals surface area (Å²) >= 11 is 0. The first-order valence-electron chi connectivity index (χ1n) is 13.1. The number of hydrogen-bond donors (Lipinski definition) is 3. The molecule has 0 spiro atoms. The molecule has 2 aliphatic heterocycles. The maximum Gasteiger partial charge on any atom is 0.220 e. The number of hydrogen-bond acceptors (Lipinski definition) is 9. The average Bonchev–Trinajstić information content (AvgIpc) is 2.97. The lowest BCUT2D eigenvalue weighted by Crippen LogP contribution is -2.33. The molecule has 3 aromatic carbocycles. The molecule has 0 fully saturated rings. The minimum atomic E-state index is -0.587. The maximum atomic E-state index is 13.2. The van der Waals surface area contributed by atoms with Crippen molar-refractivity contribution >= 4 is 11.6 Å². The highest BCUT2D eigenvalue weighted by Crippen LogP contribution is 2.50. The third kappa shape index (κ3) is 4.63. The Morgan fingerprint density at radius 1 is 0.756 bits per heavy atom. The summed E-state index contributed by atoms with van der Waals surface area (Å²) in [5, 5.41) is 31.1. The molecule has 3 aromatic rings. The molecule has 3 atom stereocenters. The summed E-state index contributed by atoms with van der Waals surface area (Å²) in [6, 6.07) is 13.2. The molecule has 3 unspecified atom stereocenters. The standard InChI is InChI=1S/C32H28O9/c1-38-29-12-25(35)21(17-7-16-3-4-18(33)8-28(16)40-14-17)10-23(29)32-20-6-5-19(34)9-30(20)41-15-24(32)22-11-27(37)31(39-2)13-26(22)36/h3-6,8-13,17,24,32-35H,7,14-15H2,1-2H3. The number of ketones is 2. The Bertz CT molecular complexity index is 1630. The Kier molecular flexibility index (Phi) is 6.57.